The standard InChI is InChI=1S/C19H14Cl2F3NO.C8H16N2O/c1-10-5-12(19(22,23)24)6-17-14(10)7-13(25(17)2)8-15-16(20)4-3-11(9-26)18(15)21;1-9-2-4-10(5-3-9)8-6-11-7-8/h3-7,9H,8H2,1-2H3;8H,2-7H2,1H3. The first kappa shape index (κ1) is 27.9. The second-order valence-electron chi connectivity index (χ2n) is 9.67. The summed E-state index contributed by atoms with van der Waals surface area (Å²) >= 11 is 12.5. The molecule has 2 fully saturated rings. The van der Waals surface area contributed by atoms with Crippen molar-refractivity contribution in [2.45, 2.75) is 25.6 Å². The third-order valence-electron chi connectivity index (χ3n) is 7.17. The summed E-state index contributed by atoms with van der Waals surface area (Å²) in [5, 5.41) is 1.39. The molecule has 10 heteroatoms. The molecule has 5 rings (SSSR count). The van der Waals surface area contributed by atoms with E-state index in [-0.39, 0.29) is 5.02 Å². The van der Waals surface area contributed by atoms with Crippen molar-refractivity contribution in [3.8, 4) is 0 Å². The van der Waals surface area contributed by atoms with Gasteiger partial charge < -0.3 is 14.2 Å². The first-order valence-electron chi connectivity index (χ1n) is 12.1. The van der Waals surface area contributed by atoms with Crippen molar-refractivity contribution >= 4 is 40.4 Å². The van der Waals surface area contributed by atoms with Gasteiger partial charge >= 0.3 is 6.18 Å². The molecule has 0 bridgehead atoms. The lowest BCUT2D eigenvalue weighted by Crippen LogP contribution is -2.55. The number of nitrogens with zero attached hydrogens (tertiary/aromatic N) is 3. The Morgan fingerprint density at radius 2 is 1.73 bits per heavy atom. The van der Waals surface area contributed by atoms with E-state index in [1.165, 1.54) is 32.2 Å². The molecule has 0 spiro atoms. The quantitative estimate of drug-likeness (QED) is 0.378. The van der Waals surface area contributed by atoms with E-state index in [4.69, 9.17) is 27.9 Å². The van der Waals surface area contributed by atoms with E-state index in [1.807, 2.05) is 6.07 Å². The van der Waals surface area contributed by atoms with Crippen molar-refractivity contribution in [1.29, 1.82) is 0 Å². The van der Waals surface area contributed by atoms with Gasteiger partial charge in [-0.1, -0.05) is 23.2 Å². The fourth-order valence-corrected chi connectivity index (χ4v) is 5.22. The van der Waals surface area contributed by atoms with Crippen molar-refractivity contribution in [1.82, 2.24) is 14.4 Å². The van der Waals surface area contributed by atoms with Crippen LogP contribution in [0.1, 0.15) is 32.7 Å². The molecule has 3 heterocycles. The van der Waals surface area contributed by atoms with Crippen LogP contribution in [0.5, 0.6) is 0 Å². The van der Waals surface area contributed by atoms with Crippen LogP contribution in [-0.2, 0) is 24.4 Å². The second kappa shape index (κ2) is 11.3. The molecule has 2 saturated heterocycles. The number of alkyl halides is 3. The lowest BCUT2D eigenvalue weighted by Gasteiger charge is -2.41. The van der Waals surface area contributed by atoms with Crippen molar-refractivity contribution in [2.24, 2.45) is 7.05 Å². The van der Waals surface area contributed by atoms with Gasteiger partial charge in [0.2, 0.25) is 0 Å². The minimum Gasteiger partial charge on any atom is -0.378 e. The molecule has 0 saturated carbocycles. The highest BCUT2D eigenvalue weighted by atomic mass is 35.5. The molecule has 37 heavy (non-hydrogen) atoms. The highest BCUT2D eigenvalue weighted by Crippen LogP contribution is 2.36. The largest absolute Gasteiger partial charge is 0.416 e. The van der Waals surface area contributed by atoms with Crippen LogP contribution < -0.4 is 0 Å². The van der Waals surface area contributed by atoms with Gasteiger partial charge in [-0.15, -0.1) is 0 Å². The van der Waals surface area contributed by atoms with Gasteiger partial charge in [0.1, 0.15) is 0 Å². The van der Waals surface area contributed by atoms with E-state index < -0.39 is 11.7 Å². The van der Waals surface area contributed by atoms with Gasteiger partial charge in [-0.05, 0) is 55.4 Å². The summed E-state index contributed by atoms with van der Waals surface area (Å²) < 4.78 is 46.1. The van der Waals surface area contributed by atoms with E-state index >= 15 is 0 Å². The van der Waals surface area contributed by atoms with Crippen molar-refractivity contribution in [3.05, 3.63) is 68.3 Å². The normalized spacial score (nSPS) is 17.4. The van der Waals surface area contributed by atoms with Crippen LogP contribution in [0.3, 0.4) is 0 Å². The fourth-order valence-electron chi connectivity index (χ4n) is 4.67. The average molecular weight is 556 g/mol. The second-order valence-corrected chi connectivity index (χ2v) is 10.5. The lowest BCUT2D eigenvalue weighted by molar-refractivity contribution is -0.137. The number of rotatable bonds is 4. The van der Waals surface area contributed by atoms with Crippen molar-refractivity contribution < 1.29 is 22.7 Å². The summed E-state index contributed by atoms with van der Waals surface area (Å²) in [6.07, 6.45) is -3.47. The van der Waals surface area contributed by atoms with E-state index in [9.17, 15) is 18.0 Å². The number of ether oxygens (including phenoxy) is 1. The number of aryl methyl sites for hydroxylation is 2. The predicted octanol–water partition coefficient (Wildman–Crippen LogP) is 5.85. The molecular formula is C27H30Cl2F3N3O2. The summed E-state index contributed by atoms with van der Waals surface area (Å²) in [6.45, 7) is 8.46. The SMILES string of the molecule is CN1CCN(C2COC2)CC1.Cc1cc(C(F)(F)F)cc2c1cc(Cc1c(Cl)ccc(C=O)c1Cl)n2C. The van der Waals surface area contributed by atoms with Crippen LogP contribution in [0.2, 0.25) is 10.0 Å². The van der Waals surface area contributed by atoms with Crippen LogP contribution in [0.15, 0.2) is 30.3 Å². The zero-order valence-electron chi connectivity index (χ0n) is 21.0. The fraction of sp³-hybridized carbons (Fsp3) is 0.444. The van der Waals surface area contributed by atoms with E-state index in [0.717, 1.165) is 42.5 Å². The van der Waals surface area contributed by atoms with Gasteiger partial charge in [0.15, 0.2) is 6.29 Å². The minimum atomic E-state index is -4.41. The number of benzene rings is 2. The maximum atomic E-state index is 13.1. The molecule has 0 unspecified atom stereocenters. The molecule has 2 aromatic carbocycles. The monoisotopic (exact) mass is 555 g/mol. The summed E-state index contributed by atoms with van der Waals surface area (Å²) in [5.41, 5.74) is 1.96. The van der Waals surface area contributed by atoms with Gasteiger partial charge in [-0.25, -0.2) is 0 Å². The predicted molar refractivity (Wildman–Crippen MR) is 141 cm³/mol. The summed E-state index contributed by atoms with van der Waals surface area (Å²) in [4.78, 5) is 16.0. The Labute approximate surface area is 224 Å². The number of piperazine rings is 1. The number of aldehydes is 1. The summed E-state index contributed by atoms with van der Waals surface area (Å²) in [6, 6.07) is 7.95. The number of hydrogen-bond acceptors (Lipinski definition) is 4. The number of aromatic nitrogens is 1. The maximum absolute atomic E-state index is 13.1. The van der Waals surface area contributed by atoms with Crippen molar-refractivity contribution in [3.63, 3.8) is 0 Å². The molecule has 0 atom stereocenters. The molecule has 0 aliphatic carbocycles. The van der Waals surface area contributed by atoms with Gasteiger partial charge in [0.25, 0.3) is 0 Å². The van der Waals surface area contributed by atoms with Crippen LogP contribution in [0, 0.1) is 6.92 Å². The summed E-state index contributed by atoms with van der Waals surface area (Å²) in [5.74, 6) is 0. The Hall–Kier alpha value is -2.10. The number of carbonyl (C=O) groups is 1. The average Bonchev–Trinajstić information content (AvgIpc) is 3.13. The van der Waals surface area contributed by atoms with Gasteiger partial charge in [-0.3, -0.25) is 9.69 Å². The minimum absolute atomic E-state index is 0.255. The summed E-state index contributed by atoms with van der Waals surface area (Å²) in [7, 11) is 3.89. The van der Waals surface area contributed by atoms with Crippen LogP contribution in [0.4, 0.5) is 13.2 Å². The van der Waals surface area contributed by atoms with E-state index in [2.05, 4.69) is 16.8 Å². The Kier molecular flexibility index (Phi) is 8.55. The molecule has 2 aliphatic rings. The maximum Gasteiger partial charge on any atom is 0.416 e. The highest BCUT2D eigenvalue weighted by molar-refractivity contribution is 6.37. The molecule has 2 aliphatic heterocycles. The van der Waals surface area contributed by atoms with Gasteiger partial charge in [0.05, 0.1) is 29.8 Å². The van der Waals surface area contributed by atoms with Gasteiger partial charge in [0, 0.05) is 66.8 Å². The third-order valence-corrected chi connectivity index (χ3v) is 7.97. The Morgan fingerprint density at radius 1 is 1.05 bits per heavy atom. The molecule has 5 nitrogen and oxygen atoms in total. The van der Waals surface area contributed by atoms with E-state index in [1.54, 1.807) is 24.6 Å². The Bertz CT molecular complexity index is 1280. The molecule has 3 aromatic rings. The zero-order valence-corrected chi connectivity index (χ0v) is 22.6. The molecular weight excluding hydrogens is 526 g/mol. The molecule has 0 radical (unpaired) electrons. The Balaban J connectivity index is 0.000000241. The zero-order chi connectivity index (χ0) is 26.9. The highest BCUT2D eigenvalue weighted by Gasteiger charge is 2.31. The molecule has 0 amide bonds. The third kappa shape index (κ3) is 6.15. The lowest BCUT2D eigenvalue weighted by atomic mass is 10.0. The topological polar surface area (TPSA) is 37.7 Å². The van der Waals surface area contributed by atoms with Crippen LogP contribution in [0.25, 0.3) is 10.9 Å². The van der Waals surface area contributed by atoms with Crippen molar-refractivity contribution in [2.75, 3.05) is 46.4 Å². The number of hydrogen-bond donors (Lipinski definition) is 0. The number of fused-ring (bicyclic) bond motifs is 1. The first-order valence-corrected chi connectivity index (χ1v) is 12.8. The Morgan fingerprint density at radius 3 is 2.30 bits per heavy atom. The first-order chi connectivity index (χ1) is 17.5. The van der Waals surface area contributed by atoms with Crippen LogP contribution in [-0.4, -0.2) is 73.1 Å². The smallest absolute Gasteiger partial charge is 0.378 e. The van der Waals surface area contributed by atoms with Gasteiger partial charge in [-0.2, -0.15) is 13.2 Å². The molecule has 1 aromatic heterocycles. The van der Waals surface area contributed by atoms with Crippen LogP contribution >= 0.6 is 23.2 Å². The number of likely N-dealkylation sites (N-methyl/N-ethyl adjacent to an activating group) is 1. The number of carbonyl (C=O) groups excluding carboxylic acids is 1. The number of halogens is 5. The van der Waals surface area contributed by atoms with E-state index in [0.29, 0.717) is 39.9 Å². The molecule has 0 N–H and O–H groups in total. The molecule has 200 valence electrons.